The Morgan fingerprint density at radius 3 is 2.08 bits per heavy atom. The van der Waals surface area contributed by atoms with E-state index in [0.29, 0.717) is 48.5 Å². The number of ketones is 1. The molecule has 0 saturated carbocycles. The summed E-state index contributed by atoms with van der Waals surface area (Å²) in [6.07, 6.45) is -0.170. The van der Waals surface area contributed by atoms with Gasteiger partial charge in [-0.1, -0.05) is 31.2 Å². The van der Waals surface area contributed by atoms with E-state index in [4.69, 9.17) is 4.74 Å². The van der Waals surface area contributed by atoms with Crippen molar-refractivity contribution in [3.8, 4) is 5.75 Å². The average molecular weight is 516 g/mol. The molecule has 0 spiro atoms. The summed E-state index contributed by atoms with van der Waals surface area (Å²) < 4.78 is 5.70. The van der Waals surface area contributed by atoms with E-state index in [0.717, 1.165) is 37.0 Å². The second kappa shape index (κ2) is 11.4. The topological polar surface area (TPSA) is 90.4 Å². The molecule has 1 N–H and O–H groups in total. The number of rotatable bonds is 10. The van der Waals surface area contributed by atoms with Crippen molar-refractivity contribution in [1.29, 1.82) is 0 Å². The minimum Gasteiger partial charge on any atom is -0.491 e. The first-order valence-corrected chi connectivity index (χ1v) is 13.2. The fraction of sp³-hybridized carbons (Fsp3) is 0.367. The first-order chi connectivity index (χ1) is 18.4. The number of nitrogens with zero attached hydrogens (tertiary/aromatic N) is 3. The molecule has 1 saturated heterocycles. The highest BCUT2D eigenvalue weighted by Gasteiger charge is 2.33. The summed E-state index contributed by atoms with van der Waals surface area (Å²) >= 11 is 0. The molecule has 2 amide bonds. The molecule has 3 aromatic rings. The van der Waals surface area contributed by atoms with Crippen molar-refractivity contribution in [2.75, 3.05) is 52.4 Å². The molecular weight excluding hydrogens is 482 g/mol. The highest BCUT2D eigenvalue weighted by Crippen LogP contribution is 2.29. The minimum absolute atomic E-state index is 0.0906. The maximum Gasteiger partial charge on any atom is 0.261 e. The number of β-amino-alcohol motifs (C(OH)–C–C–N with tert-alkyl or cyclic N) is 1. The van der Waals surface area contributed by atoms with Gasteiger partial charge >= 0.3 is 0 Å². The van der Waals surface area contributed by atoms with Gasteiger partial charge in [-0.05, 0) is 41.8 Å². The second-order valence-corrected chi connectivity index (χ2v) is 9.88. The molecule has 3 aromatic carbocycles. The maximum atomic E-state index is 13.1. The number of carbonyl (C=O) groups excluding carboxylic acids is 3. The number of amides is 2. The molecule has 0 radical (unpaired) electrons. The zero-order valence-corrected chi connectivity index (χ0v) is 21.6. The summed E-state index contributed by atoms with van der Waals surface area (Å²) in [5.74, 6) is 0.260. The number of carbonyl (C=O) groups is 3. The number of ether oxygens (including phenoxy) is 1. The second-order valence-electron chi connectivity index (χ2n) is 9.88. The lowest BCUT2D eigenvalue weighted by Gasteiger charge is -2.36. The van der Waals surface area contributed by atoms with E-state index in [2.05, 4.69) is 9.80 Å². The molecule has 0 bridgehead atoms. The van der Waals surface area contributed by atoms with Crippen LogP contribution in [0.1, 0.15) is 44.4 Å². The summed E-state index contributed by atoms with van der Waals surface area (Å²) in [7, 11) is 0. The summed E-state index contributed by atoms with van der Waals surface area (Å²) in [6.45, 7) is 6.64. The Morgan fingerprint density at radius 2 is 1.47 bits per heavy atom. The third-order valence-corrected chi connectivity index (χ3v) is 7.37. The van der Waals surface area contributed by atoms with Gasteiger partial charge < -0.3 is 9.84 Å². The molecule has 5 rings (SSSR count). The van der Waals surface area contributed by atoms with Gasteiger partial charge in [0.15, 0.2) is 5.78 Å². The van der Waals surface area contributed by atoms with E-state index in [9.17, 15) is 19.5 Å². The zero-order chi connectivity index (χ0) is 26.6. The fourth-order valence-corrected chi connectivity index (χ4v) is 5.20. The van der Waals surface area contributed by atoms with Crippen LogP contribution in [0.2, 0.25) is 0 Å². The number of hydrogen-bond donors (Lipinski definition) is 1. The lowest BCUT2D eigenvalue weighted by atomic mass is 9.94. The molecule has 1 atom stereocenters. The number of benzene rings is 3. The van der Waals surface area contributed by atoms with Crippen molar-refractivity contribution in [2.45, 2.75) is 19.4 Å². The van der Waals surface area contributed by atoms with Crippen LogP contribution in [-0.2, 0) is 0 Å². The van der Waals surface area contributed by atoms with Crippen LogP contribution in [0, 0.1) is 0 Å². The van der Waals surface area contributed by atoms with Crippen molar-refractivity contribution in [1.82, 2.24) is 14.7 Å². The van der Waals surface area contributed by atoms with Crippen molar-refractivity contribution < 1.29 is 24.2 Å². The number of Topliss-reactive ketones (excluding diaryl/α,β-unsaturated/α-hetero) is 1. The predicted octanol–water partition coefficient (Wildman–Crippen LogP) is 3.09. The Morgan fingerprint density at radius 1 is 0.868 bits per heavy atom. The van der Waals surface area contributed by atoms with Gasteiger partial charge in [0, 0.05) is 74.3 Å². The Hall–Kier alpha value is -3.59. The average Bonchev–Trinajstić information content (AvgIpc) is 2.95. The molecule has 2 aliphatic rings. The van der Waals surface area contributed by atoms with Crippen molar-refractivity contribution >= 4 is 28.4 Å². The van der Waals surface area contributed by atoms with E-state index in [1.807, 2.05) is 31.2 Å². The van der Waals surface area contributed by atoms with E-state index >= 15 is 0 Å². The normalized spacial score (nSPS) is 17.2. The Balaban J connectivity index is 1.07. The van der Waals surface area contributed by atoms with Crippen molar-refractivity contribution in [2.24, 2.45) is 0 Å². The summed E-state index contributed by atoms with van der Waals surface area (Å²) in [5.41, 5.74) is 1.84. The molecular formula is C30H33N3O5. The number of aliphatic hydroxyl groups is 1. The molecule has 1 fully saturated rings. The molecule has 2 heterocycles. The van der Waals surface area contributed by atoms with E-state index in [-0.39, 0.29) is 24.2 Å². The van der Waals surface area contributed by atoms with Gasteiger partial charge in [0.1, 0.15) is 18.5 Å². The lowest BCUT2D eigenvalue weighted by Crippen LogP contribution is -2.51. The molecule has 0 aliphatic carbocycles. The van der Waals surface area contributed by atoms with Gasteiger partial charge in [-0.25, -0.2) is 0 Å². The van der Waals surface area contributed by atoms with Crippen LogP contribution in [0.5, 0.6) is 5.75 Å². The predicted molar refractivity (Wildman–Crippen MR) is 145 cm³/mol. The highest BCUT2D eigenvalue weighted by atomic mass is 16.5. The van der Waals surface area contributed by atoms with Crippen LogP contribution < -0.4 is 4.74 Å². The smallest absolute Gasteiger partial charge is 0.261 e. The Bertz CT molecular complexity index is 1280. The fourth-order valence-electron chi connectivity index (χ4n) is 5.20. The van der Waals surface area contributed by atoms with Gasteiger partial charge in [-0.15, -0.1) is 0 Å². The van der Waals surface area contributed by atoms with Gasteiger partial charge in [0.05, 0.1) is 0 Å². The standard InChI is InChI=1S/C30H33N3O5/c1-2-27(35)21-9-11-24(12-10-21)38-20-23(34)19-32-15-13-31(14-16-32)17-18-33-29(36)25-7-3-5-22-6-4-8-26(28(22)25)30(33)37/h3-12,23,34H,2,13-20H2,1H3/t23-/m0/s1. The number of hydrogen-bond acceptors (Lipinski definition) is 7. The first-order valence-electron chi connectivity index (χ1n) is 13.2. The molecule has 38 heavy (non-hydrogen) atoms. The van der Waals surface area contributed by atoms with Crippen LogP contribution in [-0.4, -0.2) is 95.9 Å². The van der Waals surface area contributed by atoms with Gasteiger partial charge in [-0.2, -0.15) is 0 Å². The maximum absolute atomic E-state index is 13.1. The summed E-state index contributed by atoms with van der Waals surface area (Å²) in [6, 6.07) is 18.2. The molecule has 8 heteroatoms. The number of imide groups is 1. The number of piperazine rings is 1. The van der Waals surface area contributed by atoms with Crippen LogP contribution in [0.25, 0.3) is 10.8 Å². The van der Waals surface area contributed by atoms with Gasteiger partial charge in [0.2, 0.25) is 0 Å². The molecule has 198 valence electrons. The van der Waals surface area contributed by atoms with Crippen LogP contribution in [0.15, 0.2) is 60.7 Å². The number of aliphatic hydroxyl groups excluding tert-OH is 1. The quantitative estimate of drug-likeness (QED) is 0.328. The van der Waals surface area contributed by atoms with Crippen LogP contribution in [0.4, 0.5) is 0 Å². The van der Waals surface area contributed by atoms with E-state index in [1.54, 1.807) is 36.4 Å². The SMILES string of the molecule is CCC(=O)c1ccc(OC[C@@H](O)CN2CCN(CCN3C(=O)c4cccc5cccc(c45)C3=O)CC2)cc1. The third kappa shape index (κ3) is 5.48. The molecule has 2 aliphatic heterocycles. The molecule has 8 nitrogen and oxygen atoms in total. The summed E-state index contributed by atoms with van der Waals surface area (Å²) in [4.78, 5) is 43.8. The zero-order valence-electron chi connectivity index (χ0n) is 21.6. The van der Waals surface area contributed by atoms with Gasteiger partial charge in [0.25, 0.3) is 11.8 Å². The summed E-state index contributed by atoms with van der Waals surface area (Å²) in [5, 5.41) is 12.1. The molecule has 0 aromatic heterocycles. The largest absolute Gasteiger partial charge is 0.491 e. The van der Waals surface area contributed by atoms with Crippen molar-refractivity contribution in [3.05, 3.63) is 77.4 Å². The monoisotopic (exact) mass is 515 g/mol. The lowest BCUT2D eigenvalue weighted by molar-refractivity contribution is 0.0416. The van der Waals surface area contributed by atoms with Crippen LogP contribution >= 0.6 is 0 Å². The minimum atomic E-state index is -0.634. The highest BCUT2D eigenvalue weighted by molar-refractivity contribution is 6.25. The van der Waals surface area contributed by atoms with E-state index < -0.39 is 6.10 Å². The van der Waals surface area contributed by atoms with Crippen LogP contribution in [0.3, 0.4) is 0 Å². The molecule has 0 unspecified atom stereocenters. The third-order valence-electron chi connectivity index (χ3n) is 7.37. The Labute approximate surface area is 222 Å². The van der Waals surface area contributed by atoms with E-state index in [1.165, 1.54) is 4.90 Å². The Kier molecular flexibility index (Phi) is 7.83. The van der Waals surface area contributed by atoms with Gasteiger partial charge in [-0.3, -0.25) is 29.1 Å². The van der Waals surface area contributed by atoms with Crippen molar-refractivity contribution in [3.63, 3.8) is 0 Å². The first kappa shape index (κ1) is 26.0.